The molecule has 170 valence electrons. The van der Waals surface area contributed by atoms with Crippen LogP contribution < -0.4 is 10.6 Å². The second-order valence-electron chi connectivity index (χ2n) is 7.77. The molecule has 1 fully saturated rings. The molecule has 1 saturated heterocycles. The first kappa shape index (κ1) is 22.9. The zero-order valence-corrected chi connectivity index (χ0v) is 19.4. The second kappa shape index (κ2) is 10.1. The molecule has 0 radical (unpaired) electrons. The molecular formula is C23H22ClN5O3S. The van der Waals surface area contributed by atoms with E-state index < -0.39 is 5.91 Å². The molecule has 1 aliphatic rings. The number of hydrogen-bond acceptors (Lipinski definition) is 6. The van der Waals surface area contributed by atoms with E-state index in [0.29, 0.717) is 36.6 Å². The zero-order chi connectivity index (χ0) is 23.4. The number of rotatable bonds is 5. The van der Waals surface area contributed by atoms with Crippen molar-refractivity contribution in [3.63, 3.8) is 0 Å². The Balaban J connectivity index is 1.39. The van der Waals surface area contributed by atoms with Gasteiger partial charge in [0.15, 0.2) is 0 Å². The molecule has 2 aromatic carbocycles. The number of benzene rings is 2. The van der Waals surface area contributed by atoms with Crippen LogP contribution in [0, 0.1) is 12.8 Å². The highest BCUT2D eigenvalue weighted by atomic mass is 35.5. The highest BCUT2D eigenvalue weighted by Gasteiger charge is 2.31. The number of likely N-dealkylation sites (tertiary alicyclic amines) is 1. The van der Waals surface area contributed by atoms with E-state index in [-0.39, 0.29) is 27.7 Å². The number of nitrogens with one attached hydrogen (secondary N) is 2. The van der Waals surface area contributed by atoms with Gasteiger partial charge in [0.05, 0.1) is 5.92 Å². The number of halogens is 1. The van der Waals surface area contributed by atoms with E-state index in [1.807, 2.05) is 31.2 Å². The number of anilines is 2. The summed E-state index contributed by atoms with van der Waals surface area (Å²) in [5.41, 5.74) is 2.27. The van der Waals surface area contributed by atoms with Crippen LogP contribution in [0.15, 0.2) is 48.5 Å². The third-order valence-electron chi connectivity index (χ3n) is 5.37. The Labute approximate surface area is 200 Å². The van der Waals surface area contributed by atoms with Gasteiger partial charge in [0.25, 0.3) is 11.8 Å². The van der Waals surface area contributed by atoms with Crippen LogP contribution in [-0.2, 0) is 4.79 Å². The molecule has 0 bridgehead atoms. The van der Waals surface area contributed by atoms with E-state index in [4.69, 9.17) is 11.6 Å². The quantitative estimate of drug-likeness (QED) is 0.564. The van der Waals surface area contributed by atoms with Gasteiger partial charge in [-0.15, -0.1) is 10.2 Å². The van der Waals surface area contributed by atoms with Crippen molar-refractivity contribution in [2.24, 2.45) is 5.92 Å². The number of carbonyl (C=O) groups excluding carboxylic acids is 3. The molecule has 0 spiro atoms. The van der Waals surface area contributed by atoms with E-state index in [0.717, 1.165) is 22.6 Å². The smallest absolute Gasteiger partial charge is 0.286 e. The van der Waals surface area contributed by atoms with Crippen LogP contribution >= 0.6 is 22.9 Å². The van der Waals surface area contributed by atoms with E-state index in [2.05, 4.69) is 20.8 Å². The van der Waals surface area contributed by atoms with E-state index >= 15 is 0 Å². The van der Waals surface area contributed by atoms with Gasteiger partial charge in [-0.05, 0) is 49.6 Å². The maximum Gasteiger partial charge on any atom is 0.286 e. The Morgan fingerprint density at radius 3 is 2.64 bits per heavy atom. The summed E-state index contributed by atoms with van der Waals surface area (Å²) in [5, 5.41) is 14.1. The third-order valence-corrected chi connectivity index (χ3v) is 6.51. The van der Waals surface area contributed by atoms with Crippen LogP contribution in [0.2, 0.25) is 5.02 Å². The fourth-order valence-corrected chi connectivity index (χ4v) is 4.51. The summed E-state index contributed by atoms with van der Waals surface area (Å²) < 4.78 is 0. The lowest BCUT2D eigenvalue weighted by Crippen LogP contribution is -2.43. The number of aromatic nitrogens is 2. The third kappa shape index (κ3) is 5.55. The molecule has 33 heavy (non-hydrogen) atoms. The average molecular weight is 484 g/mol. The average Bonchev–Trinajstić information content (AvgIpc) is 3.31. The van der Waals surface area contributed by atoms with Gasteiger partial charge in [-0.25, -0.2) is 0 Å². The number of hydrogen-bond donors (Lipinski definition) is 2. The van der Waals surface area contributed by atoms with Crippen molar-refractivity contribution in [2.75, 3.05) is 23.7 Å². The van der Waals surface area contributed by atoms with E-state index in [1.54, 1.807) is 29.2 Å². The SMILES string of the molecule is Cc1ccccc1NC(=O)C1CCCN(C(=O)c2nnc(C(=O)Nc3cccc(Cl)c3)s2)C1. The van der Waals surface area contributed by atoms with Crippen molar-refractivity contribution in [1.29, 1.82) is 0 Å². The summed E-state index contributed by atoms with van der Waals surface area (Å²) in [7, 11) is 0. The molecule has 2 N–H and O–H groups in total. The van der Waals surface area contributed by atoms with Gasteiger partial charge < -0.3 is 15.5 Å². The van der Waals surface area contributed by atoms with Gasteiger partial charge in [-0.3, -0.25) is 14.4 Å². The highest BCUT2D eigenvalue weighted by molar-refractivity contribution is 7.15. The van der Waals surface area contributed by atoms with Gasteiger partial charge in [0.2, 0.25) is 15.9 Å². The summed E-state index contributed by atoms with van der Waals surface area (Å²) in [4.78, 5) is 39.8. The van der Waals surface area contributed by atoms with Crippen LogP contribution in [0.4, 0.5) is 11.4 Å². The second-order valence-corrected chi connectivity index (χ2v) is 9.19. The van der Waals surface area contributed by atoms with Crippen LogP contribution in [0.3, 0.4) is 0 Å². The maximum absolute atomic E-state index is 13.0. The highest BCUT2D eigenvalue weighted by Crippen LogP contribution is 2.23. The van der Waals surface area contributed by atoms with Crippen molar-refractivity contribution in [3.8, 4) is 0 Å². The topological polar surface area (TPSA) is 104 Å². The van der Waals surface area contributed by atoms with Crippen molar-refractivity contribution in [2.45, 2.75) is 19.8 Å². The molecule has 1 unspecified atom stereocenters. The van der Waals surface area contributed by atoms with Gasteiger partial charge in [-0.2, -0.15) is 0 Å². The van der Waals surface area contributed by atoms with Crippen molar-refractivity contribution in [1.82, 2.24) is 15.1 Å². The molecule has 3 amide bonds. The number of piperidine rings is 1. The molecule has 1 aliphatic heterocycles. The minimum Gasteiger partial charge on any atom is -0.336 e. The first-order valence-corrected chi connectivity index (χ1v) is 11.7. The molecule has 2 heterocycles. The standard InChI is InChI=1S/C23H22ClN5O3S/c1-14-6-2-3-10-18(14)26-19(30)15-7-5-11-29(13-15)23(32)22-28-27-21(33-22)20(31)25-17-9-4-8-16(24)12-17/h2-4,6,8-10,12,15H,5,7,11,13H2,1H3,(H,25,31)(H,26,30). The number of para-hydroxylation sites is 1. The van der Waals surface area contributed by atoms with E-state index in [1.165, 1.54) is 0 Å². The summed E-state index contributed by atoms with van der Waals surface area (Å²) >= 11 is 6.86. The fourth-order valence-electron chi connectivity index (χ4n) is 3.61. The first-order chi connectivity index (χ1) is 15.9. The van der Waals surface area contributed by atoms with Gasteiger partial charge in [0, 0.05) is 29.5 Å². The lowest BCUT2D eigenvalue weighted by Gasteiger charge is -2.31. The molecule has 0 aliphatic carbocycles. The maximum atomic E-state index is 13.0. The van der Waals surface area contributed by atoms with Gasteiger partial charge >= 0.3 is 0 Å². The Morgan fingerprint density at radius 2 is 1.85 bits per heavy atom. The molecule has 0 saturated carbocycles. The largest absolute Gasteiger partial charge is 0.336 e. The van der Waals surface area contributed by atoms with Crippen LogP contribution in [0.1, 0.15) is 38.0 Å². The number of amides is 3. The van der Waals surface area contributed by atoms with Crippen molar-refractivity contribution in [3.05, 3.63) is 69.1 Å². The minimum atomic E-state index is -0.469. The predicted octanol–water partition coefficient (Wildman–Crippen LogP) is 4.24. The summed E-state index contributed by atoms with van der Waals surface area (Å²) in [6, 6.07) is 14.3. The zero-order valence-electron chi connectivity index (χ0n) is 17.9. The van der Waals surface area contributed by atoms with Gasteiger partial charge in [0.1, 0.15) is 0 Å². The van der Waals surface area contributed by atoms with Crippen LogP contribution in [-0.4, -0.2) is 45.9 Å². The van der Waals surface area contributed by atoms with Crippen LogP contribution in [0.25, 0.3) is 0 Å². The minimum absolute atomic E-state index is 0.0733. The van der Waals surface area contributed by atoms with Crippen LogP contribution in [0.5, 0.6) is 0 Å². The normalized spacial score (nSPS) is 15.7. The first-order valence-electron chi connectivity index (χ1n) is 10.5. The molecule has 10 heteroatoms. The molecular weight excluding hydrogens is 462 g/mol. The summed E-state index contributed by atoms with van der Waals surface area (Å²) in [6.07, 6.45) is 1.41. The lowest BCUT2D eigenvalue weighted by atomic mass is 9.97. The van der Waals surface area contributed by atoms with Gasteiger partial charge in [-0.1, -0.05) is 47.2 Å². The molecule has 3 aromatic rings. The Hall–Kier alpha value is -3.30. The number of nitrogens with zero attached hydrogens (tertiary/aromatic N) is 3. The van der Waals surface area contributed by atoms with E-state index in [9.17, 15) is 14.4 Å². The molecule has 8 nitrogen and oxygen atoms in total. The Bertz CT molecular complexity index is 1200. The molecule has 1 aromatic heterocycles. The number of carbonyl (C=O) groups is 3. The van der Waals surface area contributed by atoms with Crippen molar-refractivity contribution >= 4 is 52.0 Å². The predicted molar refractivity (Wildman–Crippen MR) is 128 cm³/mol. The lowest BCUT2D eigenvalue weighted by molar-refractivity contribution is -0.121. The summed E-state index contributed by atoms with van der Waals surface area (Å²) in [6.45, 7) is 2.75. The Kier molecular flexibility index (Phi) is 7.00. The number of aryl methyl sites for hydroxylation is 1. The molecule has 1 atom stereocenters. The van der Waals surface area contributed by atoms with Crippen molar-refractivity contribution < 1.29 is 14.4 Å². The molecule has 4 rings (SSSR count). The monoisotopic (exact) mass is 483 g/mol. The fraction of sp³-hybridized carbons (Fsp3) is 0.261. The summed E-state index contributed by atoms with van der Waals surface area (Å²) in [5.74, 6) is -1.23. The Morgan fingerprint density at radius 1 is 1.06 bits per heavy atom.